The standard InChI is InChI=1S/C14H18O5S/c1-19-11-6-5-10(9-12(11)20(2,17)18)14(13(15)16)7-3-4-8-14/h5-6,9H,3-4,7-8H2,1-2H3,(H,15,16). The quantitative estimate of drug-likeness (QED) is 0.919. The fourth-order valence-corrected chi connectivity index (χ4v) is 3.73. The van der Waals surface area contributed by atoms with Crippen molar-refractivity contribution in [3.63, 3.8) is 0 Å². The van der Waals surface area contributed by atoms with Gasteiger partial charge in [0.2, 0.25) is 0 Å². The summed E-state index contributed by atoms with van der Waals surface area (Å²) in [5, 5.41) is 9.56. The summed E-state index contributed by atoms with van der Waals surface area (Å²) in [6.45, 7) is 0. The Morgan fingerprint density at radius 3 is 2.35 bits per heavy atom. The van der Waals surface area contributed by atoms with Crippen molar-refractivity contribution >= 4 is 15.8 Å². The third-order valence-electron chi connectivity index (χ3n) is 3.98. The van der Waals surface area contributed by atoms with Gasteiger partial charge in [-0.3, -0.25) is 4.79 Å². The highest BCUT2D eigenvalue weighted by Gasteiger charge is 2.43. The number of rotatable bonds is 4. The average Bonchev–Trinajstić information content (AvgIpc) is 2.87. The number of aliphatic carboxylic acids is 1. The van der Waals surface area contributed by atoms with Gasteiger partial charge in [-0.25, -0.2) is 8.42 Å². The van der Waals surface area contributed by atoms with Crippen LogP contribution in [0.2, 0.25) is 0 Å². The van der Waals surface area contributed by atoms with Crippen LogP contribution in [0.3, 0.4) is 0 Å². The van der Waals surface area contributed by atoms with Gasteiger partial charge >= 0.3 is 5.97 Å². The lowest BCUT2D eigenvalue weighted by Gasteiger charge is -2.25. The number of hydrogen-bond acceptors (Lipinski definition) is 4. The van der Waals surface area contributed by atoms with Crippen LogP contribution in [0.5, 0.6) is 5.75 Å². The van der Waals surface area contributed by atoms with Gasteiger partial charge in [0.1, 0.15) is 10.6 Å². The second kappa shape index (κ2) is 5.09. The molecule has 1 aliphatic carbocycles. The van der Waals surface area contributed by atoms with E-state index in [1.807, 2.05) is 0 Å². The maximum Gasteiger partial charge on any atom is 0.314 e. The Morgan fingerprint density at radius 1 is 1.30 bits per heavy atom. The summed E-state index contributed by atoms with van der Waals surface area (Å²) in [6.07, 6.45) is 3.85. The van der Waals surface area contributed by atoms with Crippen molar-refractivity contribution in [3.8, 4) is 5.75 Å². The molecule has 110 valence electrons. The van der Waals surface area contributed by atoms with Crippen LogP contribution in [0, 0.1) is 0 Å². The number of sulfone groups is 1. The summed E-state index contributed by atoms with van der Waals surface area (Å²) in [5.41, 5.74) is -0.421. The molecule has 0 spiro atoms. The van der Waals surface area contributed by atoms with E-state index in [0.29, 0.717) is 18.4 Å². The van der Waals surface area contributed by atoms with Crippen LogP contribution in [0.15, 0.2) is 23.1 Å². The van der Waals surface area contributed by atoms with E-state index in [0.717, 1.165) is 19.1 Å². The first-order valence-corrected chi connectivity index (χ1v) is 8.32. The van der Waals surface area contributed by atoms with E-state index in [1.54, 1.807) is 6.07 Å². The molecule has 0 amide bonds. The van der Waals surface area contributed by atoms with Crippen molar-refractivity contribution in [2.24, 2.45) is 0 Å². The predicted octanol–water partition coefficient (Wildman–Crippen LogP) is 2.00. The van der Waals surface area contributed by atoms with E-state index < -0.39 is 21.2 Å². The van der Waals surface area contributed by atoms with Crippen LogP contribution >= 0.6 is 0 Å². The van der Waals surface area contributed by atoms with Gasteiger partial charge in [-0.15, -0.1) is 0 Å². The molecule has 20 heavy (non-hydrogen) atoms. The zero-order valence-electron chi connectivity index (χ0n) is 11.5. The minimum atomic E-state index is -3.47. The van der Waals surface area contributed by atoms with Gasteiger partial charge in [0, 0.05) is 6.26 Å². The van der Waals surface area contributed by atoms with Crippen molar-refractivity contribution in [2.75, 3.05) is 13.4 Å². The predicted molar refractivity (Wildman–Crippen MR) is 73.9 cm³/mol. The van der Waals surface area contributed by atoms with Crippen molar-refractivity contribution < 1.29 is 23.1 Å². The van der Waals surface area contributed by atoms with Crippen LogP contribution in [0.4, 0.5) is 0 Å². The lowest BCUT2D eigenvalue weighted by Crippen LogP contribution is -2.32. The monoisotopic (exact) mass is 298 g/mol. The number of ether oxygens (including phenoxy) is 1. The van der Waals surface area contributed by atoms with Crippen LogP contribution in [0.25, 0.3) is 0 Å². The van der Waals surface area contributed by atoms with Gasteiger partial charge in [-0.2, -0.15) is 0 Å². The number of carbonyl (C=O) groups is 1. The van der Waals surface area contributed by atoms with Crippen LogP contribution in [-0.2, 0) is 20.0 Å². The van der Waals surface area contributed by atoms with Gasteiger partial charge in [-0.05, 0) is 30.5 Å². The van der Waals surface area contributed by atoms with E-state index in [4.69, 9.17) is 4.74 Å². The minimum absolute atomic E-state index is 0.0463. The molecule has 1 aliphatic rings. The first kappa shape index (κ1) is 14.8. The maximum absolute atomic E-state index is 11.8. The number of methoxy groups -OCH3 is 1. The Hall–Kier alpha value is -1.56. The highest BCUT2D eigenvalue weighted by molar-refractivity contribution is 7.90. The highest BCUT2D eigenvalue weighted by Crippen LogP contribution is 2.43. The molecule has 0 heterocycles. The smallest absolute Gasteiger partial charge is 0.314 e. The molecule has 1 fully saturated rings. The molecule has 0 bridgehead atoms. The molecule has 0 radical (unpaired) electrons. The van der Waals surface area contributed by atoms with Crippen LogP contribution in [0.1, 0.15) is 31.2 Å². The molecule has 0 atom stereocenters. The van der Waals surface area contributed by atoms with Gasteiger partial charge < -0.3 is 9.84 Å². The molecule has 1 aromatic rings. The summed E-state index contributed by atoms with van der Waals surface area (Å²) in [4.78, 5) is 11.7. The molecule has 1 saturated carbocycles. The Bertz CT molecular complexity index is 627. The average molecular weight is 298 g/mol. The molecular weight excluding hydrogens is 280 g/mol. The van der Waals surface area contributed by atoms with Gasteiger partial charge in [-0.1, -0.05) is 18.9 Å². The summed E-state index contributed by atoms with van der Waals surface area (Å²) < 4.78 is 28.7. The zero-order valence-corrected chi connectivity index (χ0v) is 12.4. The van der Waals surface area contributed by atoms with Gasteiger partial charge in [0.25, 0.3) is 0 Å². The lowest BCUT2D eigenvalue weighted by molar-refractivity contribution is -0.143. The van der Waals surface area contributed by atoms with Crippen molar-refractivity contribution in [3.05, 3.63) is 23.8 Å². The molecule has 0 unspecified atom stereocenters. The van der Waals surface area contributed by atoms with Crippen LogP contribution < -0.4 is 4.74 Å². The van der Waals surface area contributed by atoms with Crippen LogP contribution in [-0.4, -0.2) is 32.9 Å². The molecule has 0 aliphatic heterocycles. The first-order chi connectivity index (χ1) is 9.31. The Balaban J connectivity index is 2.62. The second-order valence-corrected chi connectivity index (χ2v) is 7.22. The van der Waals surface area contributed by atoms with Crippen molar-refractivity contribution in [1.82, 2.24) is 0 Å². The lowest BCUT2D eigenvalue weighted by atomic mass is 9.79. The molecule has 2 rings (SSSR count). The second-order valence-electron chi connectivity index (χ2n) is 5.23. The Kier molecular flexibility index (Phi) is 3.77. The number of carboxylic acids is 1. The topological polar surface area (TPSA) is 80.7 Å². The van der Waals surface area contributed by atoms with Gasteiger partial charge in [0.05, 0.1) is 12.5 Å². The Labute approximate surface area is 118 Å². The molecule has 6 heteroatoms. The minimum Gasteiger partial charge on any atom is -0.495 e. The van der Waals surface area contributed by atoms with E-state index in [-0.39, 0.29) is 10.6 Å². The van der Waals surface area contributed by atoms with Crippen molar-refractivity contribution in [1.29, 1.82) is 0 Å². The summed E-state index contributed by atoms with van der Waals surface area (Å²) >= 11 is 0. The first-order valence-electron chi connectivity index (χ1n) is 6.43. The molecule has 5 nitrogen and oxygen atoms in total. The largest absolute Gasteiger partial charge is 0.495 e. The number of hydrogen-bond donors (Lipinski definition) is 1. The molecule has 0 saturated heterocycles. The Morgan fingerprint density at radius 2 is 1.90 bits per heavy atom. The molecule has 1 aromatic carbocycles. The fraction of sp³-hybridized carbons (Fsp3) is 0.500. The molecule has 1 N–H and O–H groups in total. The summed E-state index contributed by atoms with van der Waals surface area (Å²) in [6, 6.07) is 4.65. The normalized spacial score (nSPS) is 17.9. The molecule has 0 aromatic heterocycles. The highest BCUT2D eigenvalue weighted by atomic mass is 32.2. The number of carboxylic acid groups (broad SMARTS) is 1. The zero-order chi connectivity index (χ0) is 15.0. The summed E-state index contributed by atoms with van der Waals surface area (Å²) in [5.74, 6) is -0.644. The van der Waals surface area contributed by atoms with E-state index in [2.05, 4.69) is 0 Å². The molecular formula is C14H18O5S. The van der Waals surface area contributed by atoms with E-state index in [9.17, 15) is 18.3 Å². The fourth-order valence-electron chi connectivity index (χ4n) is 2.87. The number of benzene rings is 1. The van der Waals surface area contributed by atoms with E-state index in [1.165, 1.54) is 19.2 Å². The summed E-state index contributed by atoms with van der Waals surface area (Å²) in [7, 11) is -2.07. The third-order valence-corrected chi connectivity index (χ3v) is 5.10. The SMILES string of the molecule is COc1ccc(C2(C(=O)O)CCCC2)cc1S(C)(=O)=O. The van der Waals surface area contributed by atoms with Gasteiger partial charge in [0.15, 0.2) is 9.84 Å². The van der Waals surface area contributed by atoms with E-state index >= 15 is 0 Å². The maximum atomic E-state index is 11.8. The van der Waals surface area contributed by atoms with Crippen molar-refractivity contribution in [2.45, 2.75) is 36.0 Å². The third kappa shape index (κ3) is 2.40.